The zero-order valence-electron chi connectivity index (χ0n) is 8.41. The highest BCUT2D eigenvalue weighted by Gasteiger charge is 2.54. The van der Waals surface area contributed by atoms with Crippen LogP contribution in [0, 0.1) is 12.8 Å². The summed E-state index contributed by atoms with van der Waals surface area (Å²) in [5, 5.41) is 14.4. The van der Waals surface area contributed by atoms with Crippen LogP contribution in [0.25, 0.3) is 0 Å². The summed E-state index contributed by atoms with van der Waals surface area (Å²) in [5.74, 6) is 0.418. The minimum Gasteiger partial charge on any atom is -0.383 e. The Morgan fingerprint density at radius 3 is 2.85 bits per heavy atom. The van der Waals surface area contributed by atoms with Crippen LogP contribution < -0.4 is 0 Å². The van der Waals surface area contributed by atoms with Crippen LogP contribution in [0.15, 0.2) is 6.07 Å². The van der Waals surface area contributed by atoms with Gasteiger partial charge in [0.2, 0.25) is 0 Å². The van der Waals surface area contributed by atoms with E-state index < -0.39 is 5.60 Å². The van der Waals surface area contributed by atoms with Gasteiger partial charge in [0, 0.05) is 12.7 Å². The highest BCUT2D eigenvalue weighted by Crippen LogP contribution is 2.53. The van der Waals surface area contributed by atoms with Gasteiger partial charge in [-0.05, 0) is 25.3 Å². The van der Waals surface area contributed by atoms with E-state index in [0.29, 0.717) is 5.92 Å². The van der Waals surface area contributed by atoms with Gasteiger partial charge in [0.25, 0.3) is 0 Å². The van der Waals surface area contributed by atoms with Gasteiger partial charge in [0.05, 0.1) is 5.69 Å². The second-order valence-electron chi connectivity index (χ2n) is 4.03. The molecule has 1 aliphatic rings. The molecule has 3 heteroatoms. The lowest BCUT2D eigenvalue weighted by molar-refractivity contribution is 0.125. The molecule has 13 heavy (non-hydrogen) atoms. The van der Waals surface area contributed by atoms with Gasteiger partial charge in [-0.15, -0.1) is 0 Å². The number of hydrogen-bond acceptors (Lipinski definition) is 2. The van der Waals surface area contributed by atoms with Gasteiger partial charge in [-0.2, -0.15) is 5.10 Å². The van der Waals surface area contributed by atoms with Gasteiger partial charge in [0.1, 0.15) is 5.60 Å². The van der Waals surface area contributed by atoms with Gasteiger partial charge >= 0.3 is 0 Å². The Morgan fingerprint density at radius 2 is 2.46 bits per heavy atom. The summed E-state index contributed by atoms with van der Waals surface area (Å²) >= 11 is 0. The highest BCUT2D eigenvalue weighted by molar-refractivity contribution is 5.24. The molecule has 0 bridgehead atoms. The fourth-order valence-corrected chi connectivity index (χ4v) is 1.88. The van der Waals surface area contributed by atoms with Crippen molar-refractivity contribution in [3.8, 4) is 0 Å². The summed E-state index contributed by atoms with van der Waals surface area (Å²) in [6, 6.07) is 1.98. The molecule has 0 spiro atoms. The van der Waals surface area contributed by atoms with Crippen molar-refractivity contribution < 1.29 is 5.11 Å². The van der Waals surface area contributed by atoms with Crippen molar-refractivity contribution in [1.29, 1.82) is 0 Å². The van der Waals surface area contributed by atoms with E-state index in [-0.39, 0.29) is 0 Å². The average Bonchev–Trinajstić information content (AvgIpc) is 2.65. The van der Waals surface area contributed by atoms with Crippen molar-refractivity contribution in [2.24, 2.45) is 13.0 Å². The molecule has 3 nitrogen and oxygen atoms in total. The highest BCUT2D eigenvalue weighted by atomic mass is 16.3. The van der Waals surface area contributed by atoms with E-state index in [1.54, 1.807) is 0 Å². The maximum absolute atomic E-state index is 10.1. The van der Waals surface area contributed by atoms with E-state index in [1.165, 1.54) is 0 Å². The predicted octanol–water partition coefficient (Wildman–Crippen LogP) is 1.35. The molecule has 0 aromatic carbocycles. The van der Waals surface area contributed by atoms with Crippen LogP contribution >= 0.6 is 0 Å². The van der Waals surface area contributed by atoms with E-state index in [0.717, 1.165) is 24.2 Å². The molecular formula is C10H16N2O. The molecule has 2 unspecified atom stereocenters. The number of hydrogen-bond donors (Lipinski definition) is 1. The first-order valence-electron chi connectivity index (χ1n) is 4.81. The molecule has 1 fully saturated rings. The van der Waals surface area contributed by atoms with E-state index in [1.807, 2.05) is 24.7 Å². The third-order valence-corrected chi connectivity index (χ3v) is 3.12. The standard InChI is InChI=1S/C10H16N2O/c1-4-8-6-10(8,13)9-5-7(2)12(3)11-9/h5,8,13H,4,6H2,1-3H3. The quantitative estimate of drug-likeness (QED) is 0.746. The molecule has 1 aromatic heterocycles. The van der Waals surface area contributed by atoms with Crippen molar-refractivity contribution in [1.82, 2.24) is 9.78 Å². The van der Waals surface area contributed by atoms with Crippen molar-refractivity contribution in [3.05, 3.63) is 17.5 Å². The molecule has 72 valence electrons. The second kappa shape index (κ2) is 2.58. The third kappa shape index (κ3) is 1.18. The van der Waals surface area contributed by atoms with Gasteiger partial charge in [-0.25, -0.2) is 0 Å². The summed E-state index contributed by atoms with van der Waals surface area (Å²) < 4.78 is 1.82. The van der Waals surface area contributed by atoms with E-state index in [9.17, 15) is 5.11 Å². The summed E-state index contributed by atoms with van der Waals surface area (Å²) in [6.45, 7) is 4.11. The lowest BCUT2D eigenvalue weighted by atomic mass is 10.1. The van der Waals surface area contributed by atoms with Gasteiger partial charge < -0.3 is 5.11 Å². The molecule has 1 heterocycles. The first-order valence-corrected chi connectivity index (χ1v) is 4.81. The van der Waals surface area contributed by atoms with Crippen molar-refractivity contribution in [2.45, 2.75) is 32.3 Å². The number of aryl methyl sites for hydroxylation is 2. The maximum atomic E-state index is 10.1. The van der Waals surface area contributed by atoms with Gasteiger partial charge in [0.15, 0.2) is 0 Å². The normalized spacial score (nSPS) is 32.2. The zero-order chi connectivity index (χ0) is 9.64. The molecule has 2 rings (SSSR count). The Morgan fingerprint density at radius 1 is 1.77 bits per heavy atom. The van der Waals surface area contributed by atoms with Crippen molar-refractivity contribution >= 4 is 0 Å². The first kappa shape index (κ1) is 8.75. The van der Waals surface area contributed by atoms with E-state index in [2.05, 4.69) is 12.0 Å². The van der Waals surface area contributed by atoms with Crippen LogP contribution in [-0.2, 0) is 12.6 Å². The topological polar surface area (TPSA) is 38.0 Å². The summed E-state index contributed by atoms with van der Waals surface area (Å²) in [4.78, 5) is 0. The minimum absolute atomic E-state index is 0.418. The van der Waals surface area contributed by atoms with Gasteiger partial charge in [-0.3, -0.25) is 4.68 Å². The van der Waals surface area contributed by atoms with Crippen LogP contribution in [0.4, 0.5) is 0 Å². The molecule has 0 aliphatic heterocycles. The van der Waals surface area contributed by atoms with Crippen LogP contribution in [0.1, 0.15) is 31.2 Å². The second-order valence-corrected chi connectivity index (χ2v) is 4.03. The fourth-order valence-electron chi connectivity index (χ4n) is 1.88. The van der Waals surface area contributed by atoms with E-state index in [4.69, 9.17) is 0 Å². The number of aliphatic hydroxyl groups is 1. The van der Waals surface area contributed by atoms with Crippen LogP contribution in [0.3, 0.4) is 0 Å². The Kier molecular flexibility index (Phi) is 1.74. The average molecular weight is 180 g/mol. The molecule has 1 aliphatic carbocycles. The molecule has 1 N–H and O–H groups in total. The minimum atomic E-state index is -0.610. The molecule has 1 aromatic rings. The third-order valence-electron chi connectivity index (χ3n) is 3.12. The molecular weight excluding hydrogens is 164 g/mol. The number of nitrogens with zero attached hydrogens (tertiary/aromatic N) is 2. The molecule has 0 radical (unpaired) electrons. The van der Waals surface area contributed by atoms with E-state index >= 15 is 0 Å². The Bertz CT molecular complexity index is 312. The van der Waals surface area contributed by atoms with Gasteiger partial charge in [-0.1, -0.05) is 13.3 Å². The van der Waals surface area contributed by atoms with Crippen molar-refractivity contribution in [3.63, 3.8) is 0 Å². The molecule has 1 saturated carbocycles. The lowest BCUT2D eigenvalue weighted by Gasteiger charge is -2.04. The Labute approximate surface area is 78.4 Å². The summed E-state index contributed by atoms with van der Waals surface area (Å²) in [5.41, 5.74) is 1.34. The lowest BCUT2D eigenvalue weighted by Crippen LogP contribution is -2.09. The predicted molar refractivity (Wildman–Crippen MR) is 50.2 cm³/mol. The maximum Gasteiger partial charge on any atom is 0.112 e. The Balaban J connectivity index is 2.27. The van der Waals surface area contributed by atoms with Crippen molar-refractivity contribution in [2.75, 3.05) is 0 Å². The first-order chi connectivity index (χ1) is 6.08. The number of aromatic nitrogens is 2. The van der Waals surface area contributed by atoms with Crippen LogP contribution in [0.2, 0.25) is 0 Å². The SMILES string of the molecule is CCC1CC1(O)c1cc(C)n(C)n1. The molecule has 0 saturated heterocycles. The largest absolute Gasteiger partial charge is 0.383 e. The molecule has 2 atom stereocenters. The molecule has 0 amide bonds. The van der Waals surface area contributed by atoms with Crippen LogP contribution in [0.5, 0.6) is 0 Å². The zero-order valence-corrected chi connectivity index (χ0v) is 8.41. The smallest absolute Gasteiger partial charge is 0.112 e. The fraction of sp³-hybridized carbons (Fsp3) is 0.700. The number of rotatable bonds is 2. The summed E-state index contributed by atoms with van der Waals surface area (Å²) in [6.07, 6.45) is 1.91. The monoisotopic (exact) mass is 180 g/mol. The Hall–Kier alpha value is -0.830. The summed E-state index contributed by atoms with van der Waals surface area (Å²) in [7, 11) is 1.91. The van der Waals surface area contributed by atoms with Crippen LogP contribution in [-0.4, -0.2) is 14.9 Å².